The fourth-order valence-electron chi connectivity index (χ4n) is 8.86. The molecule has 10 rings (SSSR count). The average molecular weight is 832 g/mol. The number of aromatic nitrogens is 3. The Morgan fingerprint density at radius 1 is 0.516 bits per heavy atom. The van der Waals surface area contributed by atoms with E-state index < -0.39 is 12.7 Å². The molecule has 0 fully saturated rings. The second-order valence-electron chi connectivity index (χ2n) is 16.7. The smallest absolute Gasteiger partial charge is 0.149 e. The highest BCUT2D eigenvalue weighted by Crippen LogP contribution is 2.44. The molecule has 0 unspecified atom stereocenters. The Kier molecular flexibility index (Phi) is 9.38. The van der Waals surface area contributed by atoms with E-state index in [4.69, 9.17) is 15.5 Å². The minimum Gasteiger partial charge on any atom is -0.507 e. The Morgan fingerprint density at radius 2 is 1.16 bits per heavy atom. The lowest BCUT2D eigenvalue weighted by molar-refractivity contribution is 0.472. The summed E-state index contributed by atoms with van der Waals surface area (Å²) in [5.41, 5.74) is 16.2. The van der Waals surface area contributed by atoms with Gasteiger partial charge in [-0.1, -0.05) is 147 Å². The van der Waals surface area contributed by atoms with Crippen LogP contribution in [-0.4, -0.2) is 19.6 Å². The summed E-state index contributed by atoms with van der Waals surface area (Å²) in [4.78, 5) is 10.5. The standard InChI is InChI=1S/C60H49N3O/c1-38(2)42-24-26-44(27-25-42)47-28-29-61-55(36-47)50-34-48(43-16-9-6-10-17-43)33-49(35-50)51-22-15-23-56-58(51)62-60(54-31-39(3)30-41(5)59(54)64)63(56)57-37-52(45-18-11-7-12-19-45)40(4)32-53(57)46-20-13-8-14-21-46/h6-38,64H,1-5H3/i4D3,38D. The van der Waals surface area contributed by atoms with Gasteiger partial charge in [0, 0.05) is 28.4 Å². The number of benzene rings is 8. The number of pyridine rings is 1. The lowest BCUT2D eigenvalue weighted by atomic mass is 9.93. The zero-order valence-corrected chi connectivity index (χ0v) is 36.3. The molecule has 0 aliphatic carbocycles. The van der Waals surface area contributed by atoms with Crippen LogP contribution in [0.4, 0.5) is 0 Å². The van der Waals surface area contributed by atoms with E-state index in [-0.39, 0.29) is 11.3 Å². The zero-order chi connectivity index (χ0) is 47.3. The van der Waals surface area contributed by atoms with E-state index in [0.717, 1.165) is 83.7 Å². The quantitative estimate of drug-likeness (QED) is 0.158. The van der Waals surface area contributed by atoms with Gasteiger partial charge in [-0.3, -0.25) is 9.55 Å². The van der Waals surface area contributed by atoms with Gasteiger partial charge in [0.1, 0.15) is 11.6 Å². The largest absolute Gasteiger partial charge is 0.507 e. The number of nitrogens with zero attached hydrogens (tertiary/aromatic N) is 3. The van der Waals surface area contributed by atoms with Crippen LogP contribution in [0.3, 0.4) is 0 Å². The number of rotatable bonds is 9. The predicted octanol–water partition coefficient (Wildman–Crippen LogP) is 15.8. The van der Waals surface area contributed by atoms with E-state index in [0.29, 0.717) is 28.0 Å². The van der Waals surface area contributed by atoms with Crippen molar-refractivity contribution in [1.29, 1.82) is 0 Å². The molecule has 0 spiro atoms. The predicted molar refractivity (Wildman–Crippen MR) is 267 cm³/mol. The van der Waals surface area contributed by atoms with Crippen molar-refractivity contribution >= 4 is 11.0 Å². The van der Waals surface area contributed by atoms with Crippen molar-refractivity contribution in [2.75, 3.05) is 0 Å². The number of hydrogen-bond acceptors (Lipinski definition) is 3. The van der Waals surface area contributed by atoms with Crippen molar-refractivity contribution in [2.24, 2.45) is 0 Å². The van der Waals surface area contributed by atoms with Gasteiger partial charge in [-0.2, -0.15) is 0 Å². The minimum atomic E-state index is -2.42. The number of phenolic OH excluding ortho intramolecular Hbond substituents is 1. The number of fused-ring (bicyclic) bond motifs is 1. The molecule has 1 N–H and O–H groups in total. The first-order valence-electron chi connectivity index (χ1n) is 23.6. The van der Waals surface area contributed by atoms with Gasteiger partial charge >= 0.3 is 0 Å². The summed E-state index contributed by atoms with van der Waals surface area (Å²) >= 11 is 0. The van der Waals surface area contributed by atoms with Crippen molar-refractivity contribution in [3.8, 4) is 89.7 Å². The number of imidazole rings is 1. The SMILES string of the molecule is [2H]C([2H])([2H])c1cc(-c2ccccc2)c(-n2c(-c3cc(C)cc(C)c3O)nc3c(-c4cc(-c5ccccc5)cc(-c5cc(-c6ccc(C([2H])(C)C)cc6)ccn5)c4)cccc32)cc1-c1ccccc1. The molecule has 8 aromatic carbocycles. The van der Waals surface area contributed by atoms with Crippen LogP contribution in [0, 0.1) is 20.7 Å². The van der Waals surface area contributed by atoms with Gasteiger partial charge in [0.15, 0.2) is 0 Å². The average Bonchev–Trinajstić information content (AvgIpc) is 3.74. The maximum atomic E-state index is 12.0. The third-order valence-corrected chi connectivity index (χ3v) is 12.1. The molecule has 0 aliphatic rings. The first-order valence-corrected chi connectivity index (χ1v) is 21.6. The molecule has 0 radical (unpaired) electrons. The zero-order valence-electron chi connectivity index (χ0n) is 40.3. The molecule has 0 aliphatic heterocycles. The summed E-state index contributed by atoms with van der Waals surface area (Å²) in [6.07, 6.45) is 1.85. The third-order valence-electron chi connectivity index (χ3n) is 12.1. The van der Waals surface area contributed by atoms with Gasteiger partial charge in [-0.05, 0) is 148 Å². The lowest BCUT2D eigenvalue weighted by Gasteiger charge is -2.19. The van der Waals surface area contributed by atoms with Crippen molar-refractivity contribution < 1.29 is 10.6 Å². The third kappa shape index (κ3) is 7.58. The summed E-state index contributed by atoms with van der Waals surface area (Å²) in [6, 6.07) is 62.5. The summed E-state index contributed by atoms with van der Waals surface area (Å²) in [6.45, 7) is 5.27. The van der Waals surface area contributed by atoms with Gasteiger partial charge in [0.25, 0.3) is 0 Å². The molecular weight excluding hydrogens is 779 g/mol. The second kappa shape index (κ2) is 16.8. The number of para-hydroxylation sites is 1. The van der Waals surface area contributed by atoms with Crippen molar-refractivity contribution in [3.05, 3.63) is 217 Å². The highest BCUT2D eigenvalue weighted by molar-refractivity contribution is 5.99. The van der Waals surface area contributed by atoms with E-state index in [1.165, 1.54) is 0 Å². The van der Waals surface area contributed by atoms with Crippen LogP contribution in [0.5, 0.6) is 5.75 Å². The molecule has 64 heavy (non-hydrogen) atoms. The molecule has 0 bridgehead atoms. The van der Waals surface area contributed by atoms with Crippen molar-refractivity contribution in [1.82, 2.24) is 14.5 Å². The molecule has 0 saturated carbocycles. The number of hydrogen-bond donors (Lipinski definition) is 1. The Morgan fingerprint density at radius 3 is 1.84 bits per heavy atom. The monoisotopic (exact) mass is 831 g/mol. The second-order valence-corrected chi connectivity index (χ2v) is 16.7. The highest BCUT2D eigenvalue weighted by atomic mass is 16.3. The Labute approximate surface area is 381 Å². The van der Waals surface area contributed by atoms with Crippen LogP contribution in [0.15, 0.2) is 194 Å². The molecule has 0 saturated heterocycles. The van der Waals surface area contributed by atoms with Gasteiger partial charge < -0.3 is 5.11 Å². The Balaban J connectivity index is 1.25. The molecule has 0 atom stereocenters. The number of phenols is 1. The summed E-state index contributed by atoms with van der Waals surface area (Å²) < 4.78 is 37.0. The van der Waals surface area contributed by atoms with Crippen LogP contribution in [0.2, 0.25) is 0 Å². The molecular formula is C60H49N3O. The molecule has 4 nitrogen and oxygen atoms in total. The minimum absolute atomic E-state index is 0.120. The van der Waals surface area contributed by atoms with Crippen LogP contribution in [-0.2, 0) is 0 Å². The molecule has 310 valence electrons. The fourth-order valence-corrected chi connectivity index (χ4v) is 8.86. The Bertz CT molecular complexity index is 3480. The fraction of sp³-hybridized carbons (Fsp3) is 0.100. The summed E-state index contributed by atoms with van der Waals surface area (Å²) in [5, 5.41) is 12.0. The van der Waals surface area contributed by atoms with E-state index in [1.54, 1.807) is 0 Å². The van der Waals surface area contributed by atoms with E-state index >= 15 is 0 Å². The van der Waals surface area contributed by atoms with Crippen molar-refractivity contribution in [3.63, 3.8) is 0 Å². The van der Waals surface area contributed by atoms with Crippen LogP contribution >= 0.6 is 0 Å². The maximum Gasteiger partial charge on any atom is 0.149 e. The Hall–Kier alpha value is -7.82. The molecule has 2 aromatic heterocycles. The van der Waals surface area contributed by atoms with E-state index in [2.05, 4.69) is 59.2 Å². The summed E-state index contributed by atoms with van der Waals surface area (Å²) in [5.74, 6) is -0.0628. The lowest BCUT2D eigenvalue weighted by Crippen LogP contribution is -2.03. The first-order chi connectivity index (χ1) is 32.7. The molecule has 10 aromatic rings. The topological polar surface area (TPSA) is 50.9 Å². The maximum absolute atomic E-state index is 12.0. The molecule has 0 amide bonds. The van der Waals surface area contributed by atoms with Crippen LogP contribution in [0.1, 0.15) is 47.5 Å². The highest BCUT2D eigenvalue weighted by Gasteiger charge is 2.24. The first kappa shape index (κ1) is 35.7. The van der Waals surface area contributed by atoms with E-state index in [9.17, 15) is 5.11 Å². The van der Waals surface area contributed by atoms with E-state index in [1.807, 2.05) is 167 Å². The van der Waals surface area contributed by atoms with Crippen molar-refractivity contribution in [2.45, 2.75) is 40.4 Å². The van der Waals surface area contributed by atoms with Gasteiger partial charge in [0.05, 0.1) is 28.0 Å². The van der Waals surface area contributed by atoms with Crippen LogP contribution < -0.4 is 0 Å². The summed E-state index contributed by atoms with van der Waals surface area (Å²) in [7, 11) is 0. The van der Waals surface area contributed by atoms with Gasteiger partial charge in [-0.15, -0.1) is 0 Å². The van der Waals surface area contributed by atoms with Gasteiger partial charge in [0.2, 0.25) is 0 Å². The van der Waals surface area contributed by atoms with Crippen LogP contribution in [0.25, 0.3) is 95.0 Å². The number of aryl methyl sites for hydroxylation is 3. The number of aromatic hydroxyl groups is 1. The molecule has 4 heteroatoms. The normalized spacial score (nSPS) is 12.7. The van der Waals surface area contributed by atoms with Gasteiger partial charge in [-0.25, -0.2) is 4.98 Å². The molecule has 2 heterocycles.